The molecule has 110 valence electrons. The molecule has 0 amide bonds. The van der Waals surface area contributed by atoms with Crippen molar-refractivity contribution in [3.8, 4) is 0 Å². The number of H-pyrrole nitrogens is 1. The molecule has 2 aromatic heterocycles. The van der Waals surface area contributed by atoms with E-state index in [1.165, 1.54) is 6.33 Å². The van der Waals surface area contributed by atoms with Crippen LogP contribution < -0.4 is 5.32 Å². The van der Waals surface area contributed by atoms with Gasteiger partial charge >= 0.3 is 0 Å². The van der Waals surface area contributed by atoms with Crippen molar-refractivity contribution in [2.75, 3.05) is 27.2 Å². The summed E-state index contributed by atoms with van der Waals surface area (Å²) in [6, 6.07) is -0.0541. The molecule has 0 aliphatic rings. The van der Waals surface area contributed by atoms with E-state index >= 15 is 0 Å². The van der Waals surface area contributed by atoms with E-state index in [4.69, 9.17) is 0 Å². The third-order valence-corrected chi connectivity index (χ3v) is 3.59. The maximum atomic E-state index is 4.44. The van der Waals surface area contributed by atoms with Gasteiger partial charge in [-0.3, -0.25) is 9.78 Å². The number of likely N-dealkylation sites (N-methyl/N-ethyl adjacent to an activating group) is 1. The smallest absolute Gasteiger partial charge is 0.147 e. The molecule has 0 radical (unpaired) electrons. The highest BCUT2D eigenvalue weighted by molar-refractivity contribution is 9.10. The number of aromatic amines is 1. The molecule has 1 atom stereocenters. The molecular weight excluding hydrogens is 322 g/mol. The van der Waals surface area contributed by atoms with Crippen LogP contribution in [-0.4, -0.2) is 57.0 Å². The van der Waals surface area contributed by atoms with Gasteiger partial charge in [-0.15, -0.1) is 0 Å². The third-order valence-electron chi connectivity index (χ3n) is 2.98. The summed E-state index contributed by atoms with van der Waals surface area (Å²) >= 11 is 3.58. The minimum atomic E-state index is -0.0541. The fourth-order valence-corrected chi connectivity index (χ4v) is 2.54. The zero-order valence-corrected chi connectivity index (χ0v) is 13.6. The Balaban J connectivity index is 2.30. The summed E-state index contributed by atoms with van der Waals surface area (Å²) in [5.41, 5.74) is 1.06. The number of aromatic nitrogens is 5. The van der Waals surface area contributed by atoms with Crippen LogP contribution in [0.3, 0.4) is 0 Å². The molecule has 2 N–H and O–H groups in total. The zero-order chi connectivity index (χ0) is 14.5. The summed E-state index contributed by atoms with van der Waals surface area (Å²) < 4.78 is 2.97. The third kappa shape index (κ3) is 3.44. The lowest BCUT2D eigenvalue weighted by Gasteiger charge is -2.19. The quantitative estimate of drug-likeness (QED) is 0.786. The molecule has 2 rings (SSSR count). The van der Waals surface area contributed by atoms with E-state index in [2.05, 4.69) is 67.4 Å². The van der Waals surface area contributed by atoms with Gasteiger partial charge in [-0.2, -0.15) is 10.2 Å². The largest absolute Gasteiger partial charge is 0.308 e. The van der Waals surface area contributed by atoms with E-state index in [0.717, 1.165) is 35.6 Å². The number of hydrogen-bond donors (Lipinski definition) is 2. The van der Waals surface area contributed by atoms with Crippen molar-refractivity contribution in [3.05, 3.63) is 28.5 Å². The van der Waals surface area contributed by atoms with Gasteiger partial charge in [-0.25, -0.2) is 4.98 Å². The van der Waals surface area contributed by atoms with Crippen molar-refractivity contribution in [3.63, 3.8) is 0 Å². The lowest BCUT2D eigenvalue weighted by molar-refractivity contribution is 0.364. The molecule has 2 aromatic rings. The maximum absolute atomic E-state index is 4.44. The maximum Gasteiger partial charge on any atom is 0.147 e. The van der Waals surface area contributed by atoms with Crippen LogP contribution in [0.1, 0.15) is 24.5 Å². The Kier molecular flexibility index (Phi) is 5.27. The average Bonchev–Trinajstić information content (AvgIpc) is 3.04. The number of hydrogen-bond acceptors (Lipinski definition) is 5. The van der Waals surface area contributed by atoms with Gasteiger partial charge in [-0.1, -0.05) is 6.92 Å². The Labute approximate surface area is 126 Å². The highest BCUT2D eigenvalue weighted by atomic mass is 79.9. The predicted molar refractivity (Wildman–Crippen MR) is 80.4 cm³/mol. The molecule has 0 aliphatic heterocycles. The first-order chi connectivity index (χ1) is 9.63. The van der Waals surface area contributed by atoms with E-state index in [0.29, 0.717) is 0 Å². The molecule has 1 unspecified atom stereocenters. The van der Waals surface area contributed by atoms with E-state index in [9.17, 15) is 0 Å². The van der Waals surface area contributed by atoms with Gasteiger partial charge in [0.15, 0.2) is 0 Å². The highest BCUT2D eigenvalue weighted by Gasteiger charge is 2.23. The lowest BCUT2D eigenvalue weighted by atomic mass is 10.2. The monoisotopic (exact) mass is 341 g/mol. The molecule has 20 heavy (non-hydrogen) atoms. The number of halogens is 1. The molecule has 0 saturated carbocycles. The van der Waals surface area contributed by atoms with Crippen LogP contribution >= 0.6 is 15.9 Å². The lowest BCUT2D eigenvalue weighted by Crippen LogP contribution is -2.28. The first-order valence-corrected chi connectivity index (χ1v) is 7.37. The van der Waals surface area contributed by atoms with Gasteiger partial charge in [0.1, 0.15) is 18.2 Å². The molecule has 0 spiro atoms. The molecular formula is C12H20BrN7. The van der Waals surface area contributed by atoms with E-state index < -0.39 is 0 Å². The van der Waals surface area contributed by atoms with Crippen molar-refractivity contribution in [1.29, 1.82) is 0 Å². The van der Waals surface area contributed by atoms with Crippen molar-refractivity contribution < 1.29 is 0 Å². The van der Waals surface area contributed by atoms with Crippen molar-refractivity contribution in [2.45, 2.75) is 19.5 Å². The minimum absolute atomic E-state index is 0.0541. The zero-order valence-electron chi connectivity index (χ0n) is 12.0. The van der Waals surface area contributed by atoms with Gasteiger partial charge in [0.25, 0.3) is 0 Å². The number of nitrogens with one attached hydrogen (secondary N) is 2. The molecule has 2 heterocycles. The van der Waals surface area contributed by atoms with Gasteiger partial charge in [-0.05, 0) is 36.6 Å². The fourth-order valence-electron chi connectivity index (χ4n) is 2.01. The first-order valence-electron chi connectivity index (χ1n) is 6.58. The van der Waals surface area contributed by atoms with E-state index in [1.807, 2.05) is 10.9 Å². The molecule has 8 heteroatoms. The Hall–Kier alpha value is -1.25. The Bertz CT molecular complexity index is 520. The SMILES string of the molecule is CCNC(c1ncn[nH]1)c1c(Br)cnn1CCN(C)C. The second-order valence-corrected chi connectivity index (χ2v) is 5.62. The standard InChI is InChI=1S/C12H20BrN7/c1-4-14-10(12-15-8-16-18-12)11-9(13)7-17-20(11)6-5-19(2)3/h7-8,10,14H,4-6H2,1-3H3,(H,15,16,18). The molecule has 0 saturated heterocycles. The van der Waals surface area contributed by atoms with E-state index in [-0.39, 0.29) is 6.04 Å². The molecule has 0 aromatic carbocycles. The predicted octanol–water partition coefficient (Wildman–Crippen LogP) is 1.02. The Morgan fingerprint density at radius 3 is 2.90 bits per heavy atom. The van der Waals surface area contributed by atoms with Crippen LogP contribution in [0, 0.1) is 0 Å². The summed E-state index contributed by atoms with van der Waals surface area (Å²) in [7, 11) is 4.10. The minimum Gasteiger partial charge on any atom is -0.308 e. The molecule has 7 nitrogen and oxygen atoms in total. The van der Waals surface area contributed by atoms with Crippen LogP contribution in [0.2, 0.25) is 0 Å². The second kappa shape index (κ2) is 6.96. The van der Waals surface area contributed by atoms with Crippen LogP contribution in [0.25, 0.3) is 0 Å². The van der Waals surface area contributed by atoms with E-state index in [1.54, 1.807) is 0 Å². The number of rotatable bonds is 7. The summed E-state index contributed by atoms with van der Waals surface area (Å²) in [6.45, 7) is 4.65. The molecule has 0 aliphatic carbocycles. The van der Waals surface area contributed by atoms with Crippen LogP contribution in [0.5, 0.6) is 0 Å². The van der Waals surface area contributed by atoms with Gasteiger partial charge in [0.2, 0.25) is 0 Å². The summed E-state index contributed by atoms with van der Waals surface area (Å²) in [6.07, 6.45) is 3.35. The highest BCUT2D eigenvalue weighted by Crippen LogP contribution is 2.26. The Morgan fingerprint density at radius 2 is 2.30 bits per heavy atom. The van der Waals surface area contributed by atoms with Crippen molar-refractivity contribution >= 4 is 15.9 Å². The summed E-state index contributed by atoms with van der Waals surface area (Å²) in [5, 5.41) is 14.7. The average molecular weight is 342 g/mol. The van der Waals surface area contributed by atoms with Crippen LogP contribution in [-0.2, 0) is 6.54 Å². The number of nitrogens with zero attached hydrogens (tertiary/aromatic N) is 5. The van der Waals surface area contributed by atoms with Gasteiger partial charge in [0, 0.05) is 6.54 Å². The normalized spacial score (nSPS) is 13.1. The Morgan fingerprint density at radius 1 is 1.50 bits per heavy atom. The van der Waals surface area contributed by atoms with Gasteiger partial charge < -0.3 is 10.2 Å². The fraction of sp³-hybridized carbons (Fsp3) is 0.583. The van der Waals surface area contributed by atoms with Gasteiger partial charge in [0.05, 0.1) is 22.9 Å². The van der Waals surface area contributed by atoms with Crippen molar-refractivity contribution in [1.82, 2.24) is 35.2 Å². The molecule has 0 fully saturated rings. The van der Waals surface area contributed by atoms with Crippen LogP contribution in [0.15, 0.2) is 17.0 Å². The van der Waals surface area contributed by atoms with Crippen LogP contribution in [0.4, 0.5) is 0 Å². The first kappa shape index (κ1) is 15.1. The topological polar surface area (TPSA) is 74.7 Å². The summed E-state index contributed by atoms with van der Waals surface area (Å²) in [4.78, 5) is 6.40. The second-order valence-electron chi connectivity index (χ2n) is 4.77. The van der Waals surface area contributed by atoms with Crippen molar-refractivity contribution in [2.24, 2.45) is 0 Å². The summed E-state index contributed by atoms with van der Waals surface area (Å²) in [5.74, 6) is 0.791. The molecule has 0 bridgehead atoms.